The first kappa shape index (κ1) is 18.6. The maximum atomic E-state index is 12.5. The zero-order valence-corrected chi connectivity index (χ0v) is 14.0. The highest BCUT2D eigenvalue weighted by Crippen LogP contribution is 2.33. The number of halogens is 3. The molecule has 0 radical (unpaired) electrons. The zero-order valence-electron chi connectivity index (χ0n) is 13.2. The number of hydrogen-bond acceptors (Lipinski definition) is 5. The zero-order chi connectivity index (χ0) is 18.0. The molecule has 0 spiro atoms. The van der Waals surface area contributed by atoms with Gasteiger partial charge in [0.1, 0.15) is 5.75 Å². The lowest BCUT2D eigenvalue weighted by atomic mass is 10.1. The lowest BCUT2D eigenvalue weighted by Gasteiger charge is -2.36. The first-order valence-corrected chi connectivity index (χ1v) is 8.75. The maximum absolute atomic E-state index is 12.5. The number of piperazine rings is 1. The van der Waals surface area contributed by atoms with Gasteiger partial charge in [-0.15, -0.1) is 6.58 Å². The van der Waals surface area contributed by atoms with Gasteiger partial charge in [-0.25, -0.2) is 0 Å². The van der Waals surface area contributed by atoms with Gasteiger partial charge < -0.3 is 9.08 Å². The molecule has 2 rings (SSSR count). The molecule has 1 heterocycles. The van der Waals surface area contributed by atoms with Crippen LogP contribution in [0, 0.1) is 6.92 Å². The lowest BCUT2D eigenvalue weighted by Crippen LogP contribution is -2.46. The van der Waals surface area contributed by atoms with Gasteiger partial charge in [0.25, 0.3) is 0 Å². The standard InChI is InChI=1S/C15H19F3N2O3S/c1-3-7-19-8-10-20(11-9-19)13-5-4-6-14(12(13)2)23-24(21,22)15(16,17)18/h3-6H,1,7-11H2,2H3. The van der Waals surface area contributed by atoms with Crippen LogP contribution in [0.1, 0.15) is 5.56 Å². The van der Waals surface area contributed by atoms with E-state index in [-0.39, 0.29) is 5.75 Å². The van der Waals surface area contributed by atoms with Crippen LogP contribution in [-0.4, -0.2) is 51.5 Å². The van der Waals surface area contributed by atoms with Gasteiger partial charge in [0, 0.05) is 44.0 Å². The van der Waals surface area contributed by atoms with Crippen LogP contribution in [0.2, 0.25) is 0 Å². The van der Waals surface area contributed by atoms with Crippen LogP contribution >= 0.6 is 0 Å². The van der Waals surface area contributed by atoms with Gasteiger partial charge in [-0.3, -0.25) is 4.90 Å². The molecular weight excluding hydrogens is 345 g/mol. The minimum atomic E-state index is -5.67. The van der Waals surface area contributed by atoms with E-state index in [1.807, 2.05) is 11.0 Å². The monoisotopic (exact) mass is 364 g/mol. The first-order valence-electron chi connectivity index (χ1n) is 7.34. The summed E-state index contributed by atoms with van der Waals surface area (Å²) in [6, 6.07) is 4.45. The highest BCUT2D eigenvalue weighted by Gasteiger charge is 2.48. The van der Waals surface area contributed by atoms with Gasteiger partial charge in [0.05, 0.1) is 0 Å². The van der Waals surface area contributed by atoms with Crippen LogP contribution in [0.25, 0.3) is 0 Å². The highest BCUT2D eigenvalue weighted by atomic mass is 32.2. The Morgan fingerprint density at radius 3 is 2.42 bits per heavy atom. The number of rotatable bonds is 5. The third-order valence-corrected chi connectivity index (χ3v) is 4.80. The predicted molar refractivity (Wildman–Crippen MR) is 85.6 cm³/mol. The molecule has 1 aromatic rings. The van der Waals surface area contributed by atoms with E-state index in [4.69, 9.17) is 0 Å². The van der Waals surface area contributed by atoms with Crippen LogP contribution in [0.4, 0.5) is 18.9 Å². The quantitative estimate of drug-likeness (QED) is 0.457. The number of benzene rings is 1. The second kappa shape index (κ2) is 7.02. The Hall–Kier alpha value is -1.74. The average Bonchev–Trinajstić information content (AvgIpc) is 2.49. The summed E-state index contributed by atoms with van der Waals surface area (Å²) < 4.78 is 64.1. The van der Waals surface area contributed by atoms with Crippen LogP contribution in [0.3, 0.4) is 0 Å². The summed E-state index contributed by atoms with van der Waals surface area (Å²) in [5.41, 5.74) is -4.42. The van der Waals surface area contributed by atoms with Crippen molar-refractivity contribution >= 4 is 15.8 Å². The summed E-state index contributed by atoms with van der Waals surface area (Å²) in [5.74, 6) is -0.307. The molecule has 1 fully saturated rings. The summed E-state index contributed by atoms with van der Waals surface area (Å²) >= 11 is 0. The molecule has 0 atom stereocenters. The van der Waals surface area contributed by atoms with Crippen molar-refractivity contribution in [1.82, 2.24) is 4.90 Å². The second-order valence-electron chi connectivity index (χ2n) is 5.46. The van der Waals surface area contributed by atoms with E-state index in [2.05, 4.69) is 15.7 Å². The first-order chi connectivity index (χ1) is 11.2. The fraction of sp³-hybridized carbons (Fsp3) is 0.467. The van der Waals surface area contributed by atoms with Crippen molar-refractivity contribution in [1.29, 1.82) is 0 Å². The number of anilines is 1. The van der Waals surface area contributed by atoms with Crippen LogP contribution in [0.15, 0.2) is 30.9 Å². The van der Waals surface area contributed by atoms with Gasteiger partial charge in [-0.2, -0.15) is 21.6 Å². The summed E-state index contributed by atoms with van der Waals surface area (Å²) in [4.78, 5) is 4.20. The van der Waals surface area contributed by atoms with Crippen molar-refractivity contribution in [2.45, 2.75) is 12.4 Å². The lowest BCUT2D eigenvalue weighted by molar-refractivity contribution is -0.0500. The molecule has 0 N–H and O–H groups in total. The molecule has 0 unspecified atom stereocenters. The number of hydrogen-bond donors (Lipinski definition) is 0. The third kappa shape index (κ3) is 4.02. The van der Waals surface area contributed by atoms with E-state index in [1.165, 1.54) is 12.1 Å². The van der Waals surface area contributed by atoms with Gasteiger partial charge in [-0.1, -0.05) is 12.1 Å². The van der Waals surface area contributed by atoms with Crippen molar-refractivity contribution in [2.24, 2.45) is 0 Å². The maximum Gasteiger partial charge on any atom is 0.534 e. The van der Waals surface area contributed by atoms with Crippen molar-refractivity contribution in [3.05, 3.63) is 36.4 Å². The fourth-order valence-corrected chi connectivity index (χ4v) is 3.07. The molecule has 1 aliphatic rings. The van der Waals surface area contributed by atoms with Crippen LogP contribution < -0.4 is 9.08 Å². The van der Waals surface area contributed by atoms with Crippen LogP contribution in [-0.2, 0) is 10.1 Å². The molecule has 0 aromatic heterocycles. The molecule has 0 amide bonds. The normalized spacial score (nSPS) is 16.9. The largest absolute Gasteiger partial charge is 0.534 e. The molecule has 1 saturated heterocycles. The summed E-state index contributed by atoms with van der Waals surface area (Å²) in [5, 5.41) is 0. The minimum Gasteiger partial charge on any atom is -0.376 e. The summed E-state index contributed by atoms with van der Waals surface area (Å²) in [7, 11) is -5.67. The van der Waals surface area contributed by atoms with E-state index < -0.39 is 15.6 Å². The molecular formula is C15H19F3N2O3S. The van der Waals surface area contributed by atoms with Crippen LogP contribution in [0.5, 0.6) is 5.75 Å². The third-order valence-electron chi connectivity index (χ3n) is 3.84. The molecule has 134 valence electrons. The highest BCUT2D eigenvalue weighted by molar-refractivity contribution is 7.88. The molecule has 24 heavy (non-hydrogen) atoms. The fourth-order valence-electron chi connectivity index (χ4n) is 2.56. The van der Waals surface area contributed by atoms with E-state index in [0.29, 0.717) is 24.3 Å². The summed E-state index contributed by atoms with van der Waals surface area (Å²) in [6.07, 6.45) is 1.82. The molecule has 1 aromatic carbocycles. The smallest absolute Gasteiger partial charge is 0.376 e. The van der Waals surface area contributed by atoms with Crippen molar-refractivity contribution < 1.29 is 25.8 Å². The summed E-state index contributed by atoms with van der Waals surface area (Å²) in [6.45, 7) is 8.96. The molecule has 0 bridgehead atoms. The van der Waals surface area contributed by atoms with E-state index in [1.54, 1.807) is 13.0 Å². The van der Waals surface area contributed by atoms with Gasteiger partial charge in [0.2, 0.25) is 0 Å². The minimum absolute atomic E-state index is 0.307. The molecule has 0 aliphatic carbocycles. The Bertz CT molecular complexity index is 696. The average molecular weight is 364 g/mol. The number of nitrogens with zero attached hydrogens (tertiary/aromatic N) is 2. The second-order valence-corrected chi connectivity index (χ2v) is 7.00. The van der Waals surface area contributed by atoms with Crippen molar-refractivity contribution in [2.75, 3.05) is 37.6 Å². The van der Waals surface area contributed by atoms with Crippen molar-refractivity contribution in [3.63, 3.8) is 0 Å². The van der Waals surface area contributed by atoms with E-state index in [0.717, 1.165) is 19.6 Å². The molecule has 5 nitrogen and oxygen atoms in total. The SMILES string of the molecule is C=CCN1CCN(c2cccc(OS(=O)(=O)C(F)(F)F)c2C)CC1. The van der Waals surface area contributed by atoms with E-state index >= 15 is 0 Å². The van der Waals surface area contributed by atoms with Gasteiger partial charge in [-0.05, 0) is 19.1 Å². The predicted octanol–water partition coefficient (Wildman–Crippen LogP) is 2.53. The Labute approximate surface area is 139 Å². The topological polar surface area (TPSA) is 49.9 Å². The van der Waals surface area contributed by atoms with E-state index in [9.17, 15) is 21.6 Å². The Balaban J connectivity index is 2.19. The molecule has 1 aliphatic heterocycles. The Morgan fingerprint density at radius 2 is 1.88 bits per heavy atom. The van der Waals surface area contributed by atoms with Crippen molar-refractivity contribution in [3.8, 4) is 5.75 Å². The van der Waals surface area contributed by atoms with Gasteiger partial charge in [0.15, 0.2) is 0 Å². The number of alkyl halides is 3. The Morgan fingerprint density at radius 1 is 1.25 bits per heavy atom. The molecule has 0 saturated carbocycles. The van der Waals surface area contributed by atoms with Gasteiger partial charge >= 0.3 is 15.6 Å². The Kier molecular flexibility index (Phi) is 5.44. The molecule has 9 heteroatoms.